The Hall–Kier alpha value is -3.34. The van der Waals surface area contributed by atoms with Crippen LogP contribution in [0.2, 0.25) is 5.02 Å². The zero-order valence-corrected chi connectivity index (χ0v) is 22.2. The summed E-state index contributed by atoms with van der Waals surface area (Å²) in [5.41, 5.74) is 2.72. The molecule has 0 spiro atoms. The summed E-state index contributed by atoms with van der Waals surface area (Å²) in [5, 5.41) is 15.6. The maximum absolute atomic E-state index is 14.4. The molecule has 0 unspecified atom stereocenters. The summed E-state index contributed by atoms with van der Waals surface area (Å²) >= 11 is 8.35. The van der Waals surface area contributed by atoms with Crippen LogP contribution in [0.5, 0.6) is 0 Å². The Balaban J connectivity index is 1.74. The van der Waals surface area contributed by atoms with Crippen LogP contribution >= 0.6 is 23.4 Å². The summed E-state index contributed by atoms with van der Waals surface area (Å²) in [5.74, 6) is 0.318. The third-order valence-electron chi connectivity index (χ3n) is 5.70. The quantitative estimate of drug-likeness (QED) is 0.287. The summed E-state index contributed by atoms with van der Waals surface area (Å²) in [4.78, 5) is 18.0. The molecule has 0 atom stereocenters. The van der Waals surface area contributed by atoms with Gasteiger partial charge >= 0.3 is 0 Å². The minimum atomic E-state index is -0.619. The van der Waals surface area contributed by atoms with E-state index in [2.05, 4.69) is 22.5 Å². The number of rotatable bonds is 9. The van der Waals surface area contributed by atoms with Crippen molar-refractivity contribution < 1.29 is 9.18 Å². The third kappa shape index (κ3) is 6.66. The molecule has 36 heavy (non-hydrogen) atoms. The molecule has 186 valence electrons. The minimum absolute atomic E-state index is 0.155. The number of carbonyl (C=O) groups is 1. The highest BCUT2D eigenvalue weighted by Gasteiger charge is 2.28. The van der Waals surface area contributed by atoms with E-state index in [1.807, 2.05) is 51.1 Å². The van der Waals surface area contributed by atoms with Crippen LogP contribution in [0.4, 0.5) is 15.8 Å². The number of hydrogen-bond acceptors (Lipinski definition) is 5. The number of nitrogens with one attached hydrogen (secondary N) is 2. The van der Waals surface area contributed by atoms with Gasteiger partial charge in [0.05, 0.1) is 23.7 Å². The van der Waals surface area contributed by atoms with Crippen molar-refractivity contribution in [2.75, 3.05) is 16.4 Å². The summed E-state index contributed by atoms with van der Waals surface area (Å²) in [6.45, 7) is 7.86. The van der Waals surface area contributed by atoms with Crippen LogP contribution in [0.1, 0.15) is 44.5 Å². The molecule has 2 N–H and O–H groups in total. The fourth-order valence-corrected chi connectivity index (χ4v) is 4.85. The van der Waals surface area contributed by atoms with Crippen LogP contribution < -0.4 is 10.6 Å². The lowest BCUT2D eigenvalue weighted by molar-refractivity contribution is -0.115. The molecule has 0 saturated heterocycles. The number of benzene rings is 2. The van der Waals surface area contributed by atoms with Gasteiger partial charge in [0, 0.05) is 38.6 Å². The van der Waals surface area contributed by atoms with Crippen LogP contribution in [0.25, 0.3) is 0 Å². The number of carbonyl (C=O) groups excluding carboxylic acids is 1. The van der Waals surface area contributed by atoms with Crippen LogP contribution in [0.3, 0.4) is 0 Å². The number of nitrogens with zero attached hydrogens (tertiary/aromatic N) is 2. The lowest BCUT2D eigenvalue weighted by atomic mass is 9.80. The van der Waals surface area contributed by atoms with Gasteiger partial charge < -0.3 is 10.6 Å². The summed E-state index contributed by atoms with van der Waals surface area (Å²) < 4.78 is 14.4. The molecule has 0 aliphatic heterocycles. The van der Waals surface area contributed by atoms with Gasteiger partial charge in [-0.25, -0.2) is 4.39 Å². The van der Waals surface area contributed by atoms with Crippen LogP contribution in [0, 0.1) is 17.1 Å². The van der Waals surface area contributed by atoms with Crippen LogP contribution in [-0.2, 0) is 16.6 Å². The first kappa shape index (κ1) is 27.3. The zero-order valence-electron chi connectivity index (χ0n) is 20.7. The second kappa shape index (κ2) is 12.1. The monoisotopic (exact) mass is 522 g/mol. The van der Waals surface area contributed by atoms with Crippen molar-refractivity contribution >= 4 is 40.6 Å². The maximum atomic E-state index is 14.4. The van der Waals surface area contributed by atoms with Crippen molar-refractivity contribution in [1.29, 1.82) is 5.26 Å². The van der Waals surface area contributed by atoms with Crippen molar-refractivity contribution in [2.24, 2.45) is 0 Å². The average molecular weight is 523 g/mol. The van der Waals surface area contributed by atoms with E-state index in [4.69, 9.17) is 16.9 Å². The fourth-order valence-electron chi connectivity index (χ4n) is 3.81. The fraction of sp³-hybridized carbons (Fsp3) is 0.250. The first-order chi connectivity index (χ1) is 17.2. The number of thioether (sulfide) groups is 1. The summed E-state index contributed by atoms with van der Waals surface area (Å²) in [6.07, 6.45) is 3.78. The van der Waals surface area contributed by atoms with Gasteiger partial charge in [-0.3, -0.25) is 9.78 Å². The zero-order chi connectivity index (χ0) is 26.3. The Bertz CT molecular complexity index is 1320. The molecule has 0 saturated carbocycles. The minimum Gasteiger partial charge on any atom is -0.356 e. The Kier molecular flexibility index (Phi) is 9.14. The molecule has 1 amide bonds. The smallest absolute Gasteiger partial charge is 0.230 e. The molecule has 1 heterocycles. The highest BCUT2D eigenvalue weighted by Crippen LogP contribution is 2.38. The summed E-state index contributed by atoms with van der Waals surface area (Å²) in [7, 11) is 0. The van der Waals surface area contributed by atoms with Crippen molar-refractivity contribution in [3.63, 3.8) is 0 Å². The largest absolute Gasteiger partial charge is 0.356 e. The van der Waals surface area contributed by atoms with Gasteiger partial charge in [-0.15, -0.1) is 11.8 Å². The first-order valence-corrected chi connectivity index (χ1v) is 12.8. The van der Waals surface area contributed by atoms with Gasteiger partial charge in [-0.2, -0.15) is 5.26 Å². The van der Waals surface area contributed by atoms with E-state index in [9.17, 15) is 9.18 Å². The molecule has 3 aromatic rings. The molecular weight excluding hydrogens is 495 g/mol. The predicted octanol–water partition coefficient (Wildman–Crippen LogP) is 7.33. The van der Waals surface area contributed by atoms with Gasteiger partial charge in [0.25, 0.3) is 0 Å². The van der Waals surface area contributed by atoms with Gasteiger partial charge in [-0.05, 0) is 60.7 Å². The molecule has 1 aromatic heterocycles. The molecule has 0 bridgehead atoms. The van der Waals surface area contributed by atoms with Crippen molar-refractivity contribution in [3.8, 4) is 6.07 Å². The van der Waals surface area contributed by atoms with Gasteiger partial charge in [0.2, 0.25) is 5.91 Å². The third-order valence-corrected chi connectivity index (χ3v) is 6.88. The summed E-state index contributed by atoms with van der Waals surface area (Å²) in [6, 6.07) is 15.4. The number of allylic oxidation sites excluding steroid dienone is 2. The molecule has 0 aliphatic rings. The van der Waals surface area contributed by atoms with Crippen molar-refractivity contribution in [3.05, 3.63) is 94.2 Å². The van der Waals surface area contributed by atoms with Gasteiger partial charge in [-0.1, -0.05) is 44.5 Å². The Morgan fingerprint density at radius 1 is 1.19 bits per heavy atom. The molecule has 0 aliphatic carbocycles. The standard InChI is InChI=1S/C28H28ClFN4OS/c1-5-26(34-25-13-18(16-31)7-12-24(25)30)28(3,4)22-11-9-20(14-23(22)29)33-27(35)15-19-8-10-21(17-32-19)36-6-2/h5,7-14,17,34H,6,15H2,1-4H3,(H,33,35)/b26-5+. The molecule has 5 nitrogen and oxygen atoms in total. The Labute approximate surface area is 220 Å². The van der Waals surface area contributed by atoms with E-state index in [1.165, 1.54) is 18.2 Å². The van der Waals surface area contributed by atoms with Gasteiger partial charge in [0.15, 0.2) is 0 Å². The molecular formula is C28H28ClFN4OS. The lowest BCUT2D eigenvalue weighted by Crippen LogP contribution is -2.26. The molecule has 3 rings (SSSR count). The average Bonchev–Trinajstić information content (AvgIpc) is 2.84. The number of aromatic nitrogens is 1. The van der Waals surface area contributed by atoms with Gasteiger partial charge in [0.1, 0.15) is 5.82 Å². The second-order valence-electron chi connectivity index (χ2n) is 8.60. The predicted molar refractivity (Wildman–Crippen MR) is 146 cm³/mol. The van der Waals surface area contributed by atoms with E-state index < -0.39 is 11.2 Å². The number of amides is 1. The van der Waals surface area contributed by atoms with E-state index >= 15 is 0 Å². The number of hydrogen-bond donors (Lipinski definition) is 2. The van der Waals surface area contributed by atoms with Crippen LogP contribution in [0.15, 0.2) is 71.4 Å². The van der Waals surface area contributed by atoms with Crippen molar-refractivity contribution in [2.45, 2.75) is 44.4 Å². The molecule has 2 aromatic carbocycles. The van der Waals surface area contributed by atoms with E-state index in [0.717, 1.165) is 16.2 Å². The van der Waals surface area contributed by atoms with E-state index in [0.29, 0.717) is 27.7 Å². The number of anilines is 2. The lowest BCUT2D eigenvalue weighted by Gasteiger charge is -2.31. The van der Waals surface area contributed by atoms with Crippen LogP contribution in [-0.4, -0.2) is 16.6 Å². The SMILES string of the molecule is C/C=C(/Nc1cc(C#N)ccc1F)C(C)(C)c1ccc(NC(=O)Cc2ccc(SCC)cn2)cc1Cl. The van der Waals surface area contributed by atoms with Crippen molar-refractivity contribution in [1.82, 2.24) is 4.98 Å². The number of nitriles is 1. The molecule has 0 fully saturated rings. The Morgan fingerprint density at radius 3 is 2.58 bits per heavy atom. The van der Waals surface area contributed by atoms with E-state index in [-0.39, 0.29) is 18.0 Å². The highest BCUT2D eigenvalue weighted by atomic mass is 35.5. The maximum Gasteiger partial charge on any atom is 0.230 e. The molecule has 0 radical (unpaired) electrons. The normalized spacial score (nSPS) is 11.6. The number of pyridine rings is 1. The molecule has 8 heteroatoms. The highest BCUT2D eigenvalue weighted by molar-refractivity contribution is 7.99. The second-order valence-corrected chi connectivity index (χ2v) is 10.3. The number of halogens is 2. The Morgan fingerprint density at radius 2 is 1.97 bits per heavy atom. The van der Waals surface area contributed by atoms with E-state index in [1.54, 1.807) is 30.1 Å². The first-order valence-electron chi connectivity index (χ1n) is 11.5. The topological polar surface area (TPSA) is 77.8 Å².